The van der Waals surface area contributed by atoms with Crippen molar-refractivity contribution in [1.29, 1.82) is 0 Å². The van der Waals surface area contributed by atoms with E-state index in [0.29, 0.717) is 0 Å². The predicted molar refractivity (Wildman–Crippen MR) is 86.7 cm³/mol. The zero-order valence-electron chi connectivity index (χ0n) is 12.8. The largest absolute Gasteiger partial charge is 0.0917 e. The fraction of sp³-hybridized carbons (Fsp3) is 0.579. The maximum Gasteiger partial charge on any atom is -0.0244 e. The predicted octanol–water partition coefficient (Wildman–Crippen LogP) is 6.10. The molecular weight excluding hydrogens is 228 g/mol. The molecule has 0 nitrogen and oxygen atoms in total. The van der Waals surface area contributed by atoms with Gasteiger partial charge in [-0.25, -0.2) is 0 Å². The number of aryl methyl sites for hydroxylation is 2. The van der Waals surface area contributed by atoms with Gasteiger partial charge in [0.1, 0.15) is 0 Å². The van der Waals surface area contributed by atoms with E-state index in [2.05, 4.69) is 50.3 Å². The minimum absolute atomic E-state index is 1.16. The van der Waals surface area contributed by atoms with Crippen molar-refractivity contribution in [2.45, 2.75) is 71.6 Å². The number of allylic oxidation sites excluding steroid dienone is 2. The minimum Gasteiger partial charge on any atom is -0.0917 e. The molecule has 0 aliphatic heterocycles. The summed E-state index contributed by atoms with van der Waals surface area (Å²) in [5.74, 6) is 0. The maximum atomic E-state index is 2.32. The van der Waals surface area contributed by atoms with Gasteiger partial charge in [-0.15, -0.1) is 0 Å². The Bertz CT molecular complexity index is 332. The summed E-state index contributed by atoms with van der Waals surface area (Å²) in [7, 11) is 0. The first-order chi connectivity index (χ1) is 9.36. The summed E-state index contributed by atoms with van der Waals surface area (Å²) >= 11 is 0. The molecule has 106 valence electrons. The average molecular weight is 258 g/mol. The fourth-order valence-corrected chi connectivity index (χ4v) is 2.40. The molecule has 0 aliphatic carbocycles. The van der Waals surface area contributed by atoms with Gasteiger partial charge in [-0.1, -0.05) is 75.4 Å². The van der Waals surface area contributed by atoms with Crippen LogP contribution in [0.5, 0.6) is 0 Å². The molecule has 0 saturated carbocycles. The summed E-state index contributed by atoms with van der Waals surface area (Å²) in [5.41, 5.74) is 2.97. The Morgan fingerprint density at radius 3 is 2.00 bits per heavy atom. The van der Waals surface area contributed by atoms with Crippen molar-refractivity contribution in [3.63, 3.8) is 0 Å². The van der Waals surface area contributed by atoms with Crippen LogP contribution in [-0.4, -0.2) is 0 Å². The van der Waals surface area contributed by atoms with E-state index in [1.54, 1.807) is 0 Å². The van der Waals surface area contributed by atoms with Crippen LogP contribution in [0.1, 0.15) is 69.9 Å². The Morgan fingerprint density at radius 1 is 0.789 bits per heavy atom. The normalized spacial score (nSPS) is 11.3. The molecule has 0 fully saturated rings. The van der Waals surface area contributed by atoms with E-state index in [0.717, 1.165) is 6.42 Å². The van der Waals surface area contributed by atoms with Crippen LogP contribution < -0.4 is 0 Å². The molecular formula is C19H30. The summed E-state index contributed by atoms with van der Waals surface area (Å²) < 4.78 is 0. The number of hydrogen-bond acceptors (Lipinski definition) is 0. The Balaban J connectivity index is 2.17. The molecule has 0 atom stereocenters. The second-order valence-corrected chi connectivity index (χ2v) is 5.44. The first kappa shape index (κ1) is 16.0. The zero-order chi connectivity index (χ0) is 13.8. The Morgan fingerprint density at radius 2 is 1.37 bits per heavy atom. The van der Waals surface area contributed by atoms with Crippen LogP contribution >= 0.6 is 0 Å². The lowest BCUT2D eigenvalue weighted by molar-refractivity contribution is 0.607. The van der Waals surface area contributed by atoms with Crippen LogP contribution in [-0.2, 0) is 12.8 Å². The Kier molecular flexibility index (Phi) is 9.14. The van der Waals surface area contributed by atoms with Gasteiger partial charge >= 0.3 is 0 Å². The highest BCUT2D eigenvalue weighted by molar-refractivity contribution is 5.23. The van der Waals surface area contributed by atoms with Crippen LogP contribution in [0.25, 0.3) is 0 Å². The summed E-state index contributed by atoms with van der Waals surface area (Å²) in [6, 6.07) is 9.24. The number of hydrogen-bond donors (Lipinski definition) is 0. The van der Waals surface area contributed by atoms with Crippen LogP contribution in [0.15, 0.2) is 36.4 Å². The van der Waals surface area contributed by atoms with Gasteiger partial charge in [0.2, 0.25) is 0 Å². The second-order valence-electron chi connectivity index (χ2n) is 5.44. The summed E-state index contributed by atoms with van der Waals surface area (Å²) in [6.45, 7) is 4.36. The summed E-state index contributed by atoms with van der Waals surface area (Å²) in [5, 5.41) is 0. The molecule has 1 rings (SSSR count). The fourth-order valence-electron chi connectivity index (χ4n) is 2.40. The topological polar surface area (TPSA) is 0 Å². The third kappa shape index (κ3) is 7.87. The molecule has 0 saturated heterocycles. The van der Waals surface area contributed by atoms with Crippen molar-refractivity contribution in [2.24, 2.45) is 0 Å². The van der Waals surface area contributed by atoms with Gasteiger partial charge in [0, 0.05) is 0 Å². The molecule has 0 N–H and O–H groups in total. The molecule has 0 heterocycles. The lowest BCUT2D eigenvalue weighted by Crippen LogP contribution is -1.88. The first-order valence-corrected chi connectivity index (χ1v) is 8.05. The van der Waals surface area contributed by atoms with E-state index in [1.165, 1.54) is 62.5 Å². The number of unbranched alkanes of at least 4 members (excludes halogenated alkanes) is 5. The molecule has 19 heavy (non-hydrogen) atoms. The third-order valence-corrected chi connectivity index (χ3v) is 3.68. The average Bonchev–Trinajstić information content (AvgIpc) is 2.44. The molecule has 1 aromatic carbocycles. The molecule has 0 radical (unpaired) electrons. The van der Waals surface area contributed by atoms with Crippen molar-refractivity contribution in [3.8, 4) is 0 Å². The molecule has 0 amide bonds. The van der Waals surface area contributed by atoms with Crippen LogP contribution in [0.4, 0.5) is 0 Å². The van der Waals surface area contributed by atoms with E-state index in [1.807, 2.05) is 0 Å². The summed E-state index contributed by atoms with van der Waals surface area (Å²) in [4.78, 5) is 0. The molecule has 1 aromatic rings. The molecule has 0 unspecified atom stereocenters. The Hall–Kier alpha value is -1.04. The third-order valence-electron chi connectivity index (χ3n) is 3.68. The number of rotatable bonds is 10. The van der Waals surface area contributed by atoms with Crippen molar-refractivity contribution in [2.75, 3.05) is 0 Å². The molecule has 0 heteroatoms. The highest BCUT2D eigenvalue weighted by Crippen LogP contribution is 2.12. The quantitative estimate of drug-likeness (QED) is 0.351. The van der Waals surface area contributed by atoms with Gasteiger partial charge < -0.3 is 0 Å². The van der Waals surface area contributed by atoms with E-state index in [-0.39, 0.29) is 0 Å². The first-order valence-electron chi connectivity index (χ1n) is 8.05. The second kappa shape index (κ2) is 10.8. The van der Waals surface area contributed by atoms with Crippen molar-refractivity contribution in [3.05, 3.63) is 47.5 Å². The molecule has 0 aliphatic rings. The van der Waals surface area contributed by atoms with Gasteiger partial charge in [-0.05, 0) is 43.7 Å². The van der Waals surface area contributed by atoms with Gasteiger partial charge in [0.15, 0.2) is 0 Å². The van der Waals surface area contributed by atoms with E-state index in [4.69, 9.17) is 0 Å². The van der Waals surface area contributed by atoms with Crippen LogP contribution in [0, 0.1) is 0 Å². The minimum atomic E-state index is 1.16. The van der Waals surface area contributed by atoms with E-state index >= 15 is 0 Å². The monoisotopic (exact) mass is 258 g/mol. The van der Waals surface area contributed by atoms with Crippen LogP contribution in [0.3, 0.4) is 0 Å². The van der Waals surface area contributed by atoms with Gasteiger partial charge in [0.25, 0.3) is 0 Å². The zero-order valence-corrected chi connectivity index (χ0v) is 12.8. The highest BCUT2D eigenvalue weighted by Gasteiger charge is 1.96. The van der Waals surface area contributed by atoms with Crippen LogP contribution in [0.2, 0.25) is 0 Å². The highest BCUT2D eigenvalue weighted by atomic mass is 14.0. The lowest BCUT2D eigenvalue weighted by Gasteiger charge is -2.04. The standard InChI is InChI=1S/C19H30/c1-3-5-7-8-9-11-13-19-16-14-18(15-17-19)12-10-6-4-2/h4,6,14-17H,3,5,7-13H2,1-2H3. The van der Waals surface area contributed by atoms with E-state index in [9.17, 15) is 0 Å². The molecule has 0 spiro atoms. The lowest BCUT2D eigenvalue weighted by atomic mass is 10.0. The number of benzene rings is 1. The smallest absolute Gasteiger partial charge is 0.0244 e. The van der Waals surface area contributed by atoms with Crippen molar-refractivity contribution >= 4 is 0 Å². The van der Waals surface area contributed by atoms with Gasteiger partial charge in [0.05, 0.1) is 0 Å². The molecule has 0 aromatic heterocycles. The maximum absolute atomic E-state index is 2.32. The van der Waals surface area contributed by atoms with Gasteiger partial charge in [-0.3, -0.25) is 0 Å². The summed E-state index contributed by atoms with van der Waals surface area (Å²) in [6.07, 6.45) is 16.3. The van der Waals surface area contributed by atoms with E-state index < -0.39 is 0 Å². The SMILES string of the molecule is CC=CCCc1ccc(CCCCCCCC)cc1. The molecule has 0 bridgehead atoms. The Labute approximate surface area is 119 Å². The van der Waals surface area contributed by atoms with Gasteiger partial charge in [-0.2, -0.15) is 0 Å². The van der Waals surface area contributed by atoms with Crippen molar-refractivity contribution < 1.29 is 0 Å². The van der Waals surface area contributed by atoms with Crippen molar-refractivity contribution in [1.82, 2.24) is 0 Å².